The highest BCUT2D eigenvalue weighted by atomic mass is 79.9. The summed E-state index contributed by atoms with van der Waals surface area (Å²) in [7, 11) is 0. The number of halogens is 3. The Morgan fingerprint density at radius 1 is 1.47 bits per heavy atom. The van der Waals surface area contributed by atoms with Crippen molar-refractivity contribution in [3.8, 4) is 0 Å². The van der Waals surface area contributed by atoms with Crippen LogP contribution in [0.15, 0.2) is 18.2 Å². The van der Waals surface area contributed by atoms with Crippen LogP contribution in [0.1, 0.15) is 18.9 Å². The number of hydrogen-bond acceptors (Lipinski definition) is 2. The third kappa shape index (κ3) is 2.64. The molecule has 1 heterocycles. The first-order valence-electron chi connectivity index (χ1n) is 5.44. The second kappa shape index (κ2) is 5.45. The van der Waals surface area contributed by atoms with E-state index in [1.54, 1.807) is 12.1 Å². The van der Waals surface area contributed by atoms with Gasteiger partial charge in [-0.3, -0.25) is 0 Å². The van der Waals surface area contributed by atoms with E-state index in [0.29, 0.717) is 22.0 Å². The molecule has 1 aromatic carbocycles. The van der Waals surface area contributed by atoms with E-state index in [9.17, 15) is 0 Å². The first-order chi connectivity index (χ1) is 8.11. The van der Waals surface area contributed by atoms with Crippen LogP contribution in [0.5, 0.6) is 0 Å². The minimum atomic E-state index is -0.789. The van der Waals surface area contributed by atoms with Gasteiger partial charge in [-0.1, -0.05) is 52.1 Å². The molecule has 2 nitrogen and oxygen atoms in total. The Balaban J connectivity index is 2.35. The van der Waals surface area contributed by atoms with E-state index in [4.69, 9.17) is 32.7 Å². The minimum Gasteiger partial charge on any atom is -0.342 e. The molecule has 0 spiro atoms. The fourth-order valence-electron chi connectivity index (χ4n) is 1.85. The van der Waals surface area contributed by atoms with E-state index < -0.39 is 5.79 Å². The molecule has 0 saturated carbocycles. The summed E-state index contributed by atoms with van der Waals surface area (Å²) in [5.41, 5.74) is 0.816. The molecule has 0 bridgehead atoms. The molecule has 1 aromatic rings. The molecule has 1 aliphatic rings. The monoisotopic (exact) mass is 338 g/mol. The van der Waals surface area contributed by atoms with E-state index >= 15 is 0 Å². The largest absolute Gasteiger partial charge is 0.342 e. The van der Waals surface area contributed by atoms with Gasteiger partial charge in [-0.25, -0.2) is 0 Å². The highest BCUT2D eigenvalue weighted by Crippen LogP contribution is 2.40. The Morgan fingerprint density at radius 3 is 2.76 bits per heavy atom. The number of alkyl halides is 1. The summed E-state index contributed by atoms with van der Waals surface area (Å²) in [6.45, 7) is 2.66. The molecule has 0 aliphatic carbocycles. The normalized spacial score (nSPS) is 28.6. The maximum absolute atomic E-state index is 6.20. The topological polar surface area (TPSA) is 18.5 Å². The molecule has 1 saturated heterocycles. The van der Waals surface area contributed by atoms with Crippen molar-refractivity contribution in [3.05, 3.63) is 33.8 Å². The zero-order valence-electron chi connectivity index (χ0n) is 9.38. The van der Waals surface area contributed by atoms with Gasteiger partial charge >= 0.3 is 0 Å². The molecule has 2 atom stereocenters. The van der Waals surface area contributed by atoms with E-state index in [1.165, 1.54) is 0 Å². The fourth-order valence-corrected chi connectivity index (χ4v) is 3.00. The Bertz CT molecular complexity index is 413. The quantitative estimate of drug-likeness (QED) is 0.761. The molecule has 0 aromatic heterocycles. The van der Waals surface area contributed by atoms with Crippen molar-refractivity contribution in [2.75, 3.05) is 11.9 Å². The van der Waals surface area contributed by atoms with Gasteiger partial charge in [-0.2, -0.15) is 0 Å². The lowest BCUT2D eigenvalue weighted by molar-refractivity contribution is -0.156. The van der Waals surface area contributed by atoms with Crippen LogP contribution in [-0.4, -0.2) is 18.0 Å². The summed E-state index contributed by atoms with van der Waals surface area (Å²) in [6.07, 6.45) is 1.03. The fraction of sp³-hybridized carbons (Fsp3) is 0.500. The van der Waals surface area contributed by atoms with Crippen molar-refractivity contribution >= 4 is 39.1 Å². The van der Waals surface area contributed by atoms with Crippen molar-refractivity contribution in [2.45, 2.75) is 25.2 Å². The van der Waals surface area contributed by atoms with Crippen LogP contribution in [0.2, 0.25) is 10.0 Å². The van der Waals surface area contributed by atoms with Gasteiger partial charge in [-0.15, -0.1) is 0 Å². The number of hydrogen-bond donors (Lipinski definition) is 0. The number of benzene rings is 1. The van der Waals surface area contributed by atoms with Gasteiger partial charge in [-0.05, 0) is 18.6 Å². The molecule has 0 radical (unpaired) electrons. The van der Waals surface area contributed by atoms with Crippen molar-refractivity contribution in [1.82, 2.24) is 0 Å². The molecule has 5 heteroatoms. The van der Waals surface area contributed by atoms with Crippen LogP contribution in [-0.2, 0) is 15.3 Å². The highest BCUT2D eigenvalue weighted by Gasteiger charge is 2.43. The van der Waals surface area contributed by atoms with E-state index in [2.05, 4.69) is 22.9 Å². The van der Waals surface area contributed by atoms with Gasteiger partial charge in [0.25, 0.3) is 0 Å². The number of rotatable bonds is 3. The van der Waals surface area contributed by atoms with Crippen LogP contribution < -0.4 is 0 Å². The smallest absolute Gasteiger partial charge is 0.206 e. The zero-order valence-corrected chi connectivity index (χ0v) is 12.5. The van der Waals surface area contributed by atoms with Crippen LogP contribution in [0.4, 0.5) is 0 Å². The lowest BCUT2D eigenvalue weighted by Crippen LogP contribution is -2.30. The van der Waals surface area contributed by atoms with Crippen molar-refractivity contribution in [1.29, 1.82) is 0 Å². The second-order valence-corrected chi connectivity index (χ2v) is 5.37. The predicted molar refractivity (Wildman–Crippen MR) is 73.1 cm³/mol. The summed E-state index contributed by atoms with van der Waals surface area (Å²) in [5, 5.41) is 1.71. The van der Waals surface area contributed by atoms with Crippen LogP contribution in [0.3, 0.4) is 0 Å². The molecule has 1 fully saturated rings. The molecular formula is C12H13BrCl2O2. The average molecular weight is 340 g/mol. The van der Waals surface area contributed by atoms with Gasteiger partial charge in [0.15, 0.2) is 0 Å². The van der Waals surface area contributed by atoms with Crippen LogP contribution >= 0.6 is 39.1 Å². The van der Waals surface area contributed by atoms with E-state index in [1.807, 2.05) is 6.07 Å². The average Bonchev–Trinajstić information content (AvgIpc) is 2.74. The lowest BCUT2D eigenvalue weighted by Gasteiger charge is -2.27. The first kappa shape index (κ1) is 13.6. The predicted octanol–water partition coefficient (Wildman–Crippen LogP) is 4.37. The maximum atomic E-state index is 6.20. The van der Waals surface area contributed by atoms with Crippen molar-refractivity contribution < 1.29 is 9.47 Å². The standard InChI is InChI=1S/C12H13BrCl2O2/c1-2-9-6-16-12(7-13,17-9)10-4-3-8(14)5-11(10)15/h3-5,9H,2,6-7H2,1H3/t9-,12-/m0/s1. The van der Waals surface area contributed by atoms with Crippen LogP contribution in [0.25, 0.3) is 0 Å². The molecule has 0 N–H and O–H groups in total. The lowest BCUT2D eigenvalue weighted by atomic mass is 10.1. The van der Waals surface area contributed by atoms with Gasteiger partial charge in [0.1, 0.15) is 0 Å². The van der Waals surface area contributed by atoms with Gasteiger partial charge in [0.2, 0.25) is 5.79 Å². The third-order valence-electron chi connectivity index (χ3n) is 2.83. The molecule has 0 unspecified atom stereocenters. The summed E-state index contributed by atoms with van der Waals surface area (Å²) < 4.78 is 11.8. The summed E-state index contributed by atoms with van der Waals surface area (Å²) >= 11 is 15.5. The molecule has 17 heavy (non-hydrogen) atoms. The Labute approximate surface area is 119 Å². The van der Waals surface area contributed by atoms with Gasteiger partial charge < -0.3 is 9.47 Å². The number of ether oxygens (including phenoxy) is 2. The summed E-state index contributed by atoms with van der Waals surface area (Å²) in [5.74, 6) is -0.789. The molecule has 94 valence electrons. The Kier molecular flexibility index (Phi) is 4.37. The van der Waals surface area contributed by atoms with Crippen molar-refractivity contribution in [2.24, 2.45) is 0 Å². The summed E-state index contributed by atoms with van der Waals surface area (Å²) in [4.78, 5) is 0. The van der Waals surface area contributed by atoms with Crippen LogP contribution in [0, 0.1) is 0 Å². The van der Waals surface area contributed by atoms with Gasteiger partial charge in [0.05, 0.1) is 23.1 Å². The zero-order chi connectivity index (χ0) is 12.5. The first-order valence-corrected chi connectivity index (χ1v) is 7.32. The minimum absolute atomic E-state index is 0.110. The second-order valence-electron chi connectivity index (χ2n) is 3.97. The molecule has 2 rings (SSSR count). The summed E-state index contributed by atoms with van der Waals surface area (Å²) in [6, 6.07) is 5.35. The van der Waals surface area contributed by atoms with Crippen molar-refractivity contribution in [3.63, 3.8) is 0 Å². The molecule has 0 amide bonds. The Hall–Kier alpha value is 0.200. The van der Waals surface area contributed by atoms with Gasteiger partial charge in [0, 0.05) is 10.6 Å². The molecule has 1 aliphatic heterocycles. The maximum Gasteiger partial charge on any atom is 0.206 e. The highest BCUT2D eigenvalue weighted by molar-refractivity contribution is 9.09. The third-order valence-corrected chi connectivity index (χ3v) is 4.12. The Morgan fingerprint density at radius 2 is 2.24 bits per heavy atom. The molecular weight excluding hydrogens is 327 g/mol. The van der Waals surface area contributed by atoms with E-state index in [-0.39, 0.29) is 6.10 Å². The van der Waals surface area contributed by atoms with E-state index in [0.717, 1.165) is 12.0 Å². The SMILES string of the molecule is CC[C@H]1CO[C@](CBr)(c2ccc(Cl)cc2Cl)O1.